The minimum Gasteiger partial charge on any atom is -0.463 e. The fourth-order valence-electron chi connectivity index (χ4n) is 3.41. The second kappa shape index (κ2) is 10.3. The second-order valence-electron chi connectivity index (χ2n) is 7.16. The van der Waals surface area contributed by atoms with Crippen molar-refractivity contribution in [2.24, 2.45) is 5.92 Å². The zero-order valence-corrected chi connectivity index (χ0v) is 15.5. The number of esters is 1. The van der Waals surface area contributed by atoms with Crippen LogP contribution in [-0.2, 0) is 19.1 Å². The molecule has 146 valence electrons. The van der Waals surface area contributed by atoms with Crippen LogP contribution in [0.4, 0.5) is 0 Å². The molecule has 2 N–H and O–H groups in total. The van der Waals surface area contributed by atoms with Crippen molar-refractivity contribution >= 4 is 17.8 Å². The number of carbonyl (C=O) groups is 3. The van der Waals surface area contributed by atoms with Gasteiger partial charge in [0.15, 0.2) is 0 Å². The summed E-state index contributed by atoms with van der Waals surface area (Å²) in [4.78, 5) is 38.8. The van der Waals surface area contributed by atoms with Gasteiger partial charge < -0.3 is 20.1 Å². The Labute approximate surface area is 154 Å². The summed E-state index contributed by atoms with van der Waals surface area (Å²) < 4.78 is 5.34. The van der Waals surface area contributed by atoms with E-state index >= 15 is 0 Å². The third-order valence-electron chi connectivity index (χ3n) is 4.90. The molecule has 2 aliphatic rings. The molecule has 2 heterocycles. The highest BCUT2D eigenvalue weighted by Crippen LogP contribution is 2.24. The van der Waals surface area contributed by atoms with Crippen LogP contribution in [0.25, 0.3) is 0 Å². The molecule has 7 nitrogen and oxygen atoms in total. The topological polar surface area (TPSA) is 95.9 Å². The van der Waals surface area contributed by atoms with Crippen molar-refractivity contribution in [3.63, 3.8) is 0 Å². The van der Waals surface area contributed by atoms with Crippen molar-refractivity contribution in [3.8, 4) is 0 Å². The number of nitrogens with one attached hydrogen (secondary N) is 1. The lowest BCUT2D eigenvalue weighted by Crippen LogP contribution is -2.44. The van der Waals surface area contributed by atoms with E-state index < -0.39 is 5.92 Å². The standard InChI is InChI=1S/C19H30N2O5/c1-14(12-22)20-17(23)11-15-7-4-2-3-5-9-18(24)26-13-16-8-6-10-21(16)19(15)25/h2,4,14-16,22H,3,5-13H2,1H3,(H,20,23). The van der Waals surface area contributed by atoms with Crippen molar-refractivity contribution < 1.29 is 24.2 Å². The Kier molecular flexibility index (Phi) is 8.09. The van der Waals surface area contributed by atoms with E-state index in [-0.39, 0.29) is 49.5 Å². The number of allylic oxidation sites excluding steroid dienone is 2. The predicted molar refractivity (Wildman–Crippen MR) is 96.1 cm³/mol. The Bertz CT molecular complexity index is 534. The molecule has 0 aromatic carbocycles. The molecule has 0 aromatic heterocycles. The van der Waals surface area contributed by atoms with E-state index in [9.17, 15) is 14.4 Å². The van der Waals surface area contributed by atoms with Gasteiger partial charge in [-0.05, 0) is 39.0 Å². The Hall–Kier alpha value is -1.89. The molecule has 0 radical (unpaired) electrons. The van der Waals surface area contributed by atoms with Crippen molar-refractivity contribution in [3.05, 3.63) is 12.2 Å². The number of hydrogen-bond donors (Lipinski definition) is 2. The highest BCUT2D eigenvalue weighted by atomic mass is 16.5. The molecule has 2 aliphatic heterocycles. The number of aliphatic hydroxyl groups excluding tert-OH is 1. The van der Waals surface area contributed by atoms with E-state index in [1.807, 2.05) is 12.2 Å². The Morgan fingerprint density at radius 3 is 2.96 bits per heavy atom. The zero-order chi connectivity index (χ0) is 18.9. The molecule has 7 heteroatoms. The number of ether oxygens (including phenoxy) is 1. The second-order valence-corrected chi connectivity index (χ2v) is 7.16. The van der Waals surface area contributed by atoms with Gasteiger partial charge in [-0.15, -0.1) is 0 Å². The molecule has 2 amide bonds. The van der Waals surface area contributed by atoms with E-state index in [0.29, 0.717) is 19.4 Å². The first-order valence-corrected chi connectivity index (χ1v) is 9.52. The van der Waals surface area contributed by atoms with Crippen molar-refractivity contribution in [2.45, 2.75) is 64.0 Å². The number of rotatable bonds is 4. The third kappa shape index (κ3) is 6.12. The predicted octanol–water partition coefficient (Wildman–Crippen LogP) is 1.15. The van der Waals surface area contributed by atoms with Crippen LogP contribution in [0, 0.1) is 5.92 Å². The molecule has 3 unspecified atom stereocenters. The van der Waals surface area contributed by atoms with Gasteiger partial charge in [0.05, 0.1) is 18.6 Å². The molecule has 0 spiro atoms. The van der Waals surface area contributed by atoms with Crippen LogP contribution in [0.3, 0.4) is 0 Å². The minimum absolute atomic E-state index is 0.0563. The maximum absolute atomic E-state index is 13.0. The van der Waals surface area contributed by atoms with Gasteiger partial charge in [-0.2, -0.15) is 0 Å². The summed E-state index contributed by atoms with van der Waals surface area (Å²) in [7, 11) is 0. The molecule has 2 rings (SSSR count). The number of nitrogens with zero attached hydrogens (tertiary/aromatic N) is 1. The summed E-state index contributed by atoms with van der Waals surface area (Å²) in [6.45, 7) is 2.45. The minimum atomic E-state index is -0.436. The molecule has 1 fully saturated rings. The zero-order valence-electron chi connectivity index (χ0n) is 15.5. The average Bonchev–Trinajstić information content (AvgIpc) is 3.08. The van der Waals surface area contributed by atoms with Crippen LogP contribution >= 0.6 is 0 Å². The first-order valence-electron chi connectivity index (χ1n) is 9.52. The number of amides is 2. The average molecular weight is 366 g/mol. The van der Waals surface area contributed by atoms with Crippen LogP contribution in [0.5, 0.6) is 0 Å². The quantitative estimate of drug-likeness (QED) is 0.575. The third-order valence-corrected chi connectivity index (χ3v) is 4.90. The lowest BCUT2D eigenvalue weighted by molar-refractivity contribution is -0.148. The number of aliphatic hydroxyl groups is 1. The summed E-state index contributed by atoms with van der Waals surface area (Å²) in [6.07, 6.45) is 8.03. The Balaban J connectivity index is 2.08. The lowest BCUT2D eigenvalue weighted by atomic mass is 9.97. The number of cyclic esters (lactones) is 1. The molecule has 0 aliphatic carbocycles. The van der Waals surface area contributed by atoms with Gasteiger partial charge in [0.2, 0.25) is 11.8 Å². The first kappa shape index (κ1) is 20.4. The van der Waals surface area contributed by atoms with Crippen LogP contribution < -0.4 is 5.32 Å². The summed E-state index contributed by atoms with van der Waals surface area (Å²) in [5.74, 6) is -0.941. The Morgan fingerprint density at radius 2 is 2.19 bits per heavy atom. The van der Waals surface area contributed by atoms with Gasteiger partial charge in [-0.3, -0.25) is 14.4 Å². The molecule has 0 aromatic rings. The van der Waals surface area contributed by atoms with E-state index in [1.54, 1.807) is 11.8 Å². The summed E-state index contributed by atoms with van der Waals surface area (Å²) in [5.41, 5.74) is 0. The van der Waals surface area contributed by atoms with Crippen molar-refractivity contribution in [1.29, 1.82) is 0 Å². The van der Waals surface area contributed by atoms with Gasteiger partial charge >= 0.3 is 5.97 Å². The number of carbonyl (C=O) groups excluding carboxylic acids is 3. The van der Waals surface area contributed by atoms with Crippen LogP contribution in [0.1, 0.15) is 51.9 Å². The largest absolute Gasteiger partial charge is 0.463 e. The van der Waals surface area contributed by atoms with Crippen LogP contribution in [-0.4, -0.2) is 59.6 Å². The normalized spacial score (nSPS) is 26.2. The summed E-state index contributed by atoms with van der Waals surface area (Å²) in [5, 5.41) is 11.8. The van der Waals surface area contributed by atoms with Crippen molar-refractivity contribution in [1.82, 2.24) is 10.2 Å². The number of hydrogen-bond acceptors (Lipinski definition) is 5. The van der Waals surface area contributed by atoms with Crippen LogP contribution in [0.15, 0.2) is 12.2 Å². The van der Waals surface area contributed by atoms with Gasteiger partial charge in [0, 0.05) is 25.4 Å². The summed E-state index contributed by atoms with van der Waals surface area (Å²) in [6, 6.07) is -0.431. The first-order chi connectivity index (χ1) is 12.5. The number of fused-ring (bicyclic) bond motifs is 1. The Morgan fingerprint density at radius 1 is 1.38 bits per heavy atom. The maximum Gasteiger partial charge on any atom is 0.305 e. The molecule has 0 saturated carbocycles. The van der Waals surface area contributed by atoms with E-state index in [4.69, 9.17) is 9.84 Å². The highest BCUT2D eigenvalue weighted by Gasteiger charge is 2.34. The fraction of sp³-hybridized carbons (Fsp3) is 0.737. The van der Waals surface area contributed by atoms with Gasteiger partial charge in [-0.25, -0.2) is 0 Å². The monoisotopic (exact) mass is 366 g/mol. The van der Waals surface area contributed by atoms with E-state index in [1.165, 1.54) is 0 Å². The highest BCUT2D eigenvalue weighted by molar-refractivity contribution is 5.86. The van der Waals surface area contributed by atoms with E-state index in [0.717, 1.165) is 25.7 Å². The SMILES string of the molecule is CC(CO)NC(=O)CC1CC=CCCCC(=O)OCC2CCCN2C1=O. The molecule has 26 heavy (non-hydrogen) atoms. The lowest BCUT2D eigenvalue weighted by Gasteiger charge is -2.28. The van der Waals surface area contributed by atoms with Crippen molar-refractivity contribution in [2.75, 3.05) is 19.8 Å². The van der Waals surface area contributed by atoms with Gasteiger partial charge in [-0.1, -0.05) is 12.2 Å². The fourth-order valence-corrected chi connectivity index (χ4v) is 3.41. The molecular formula is C19H30N2O5. The van der Waals surface area contributed by atoms with E-state index in [2.05, 4.69) is 5.32 Å². The maximum atomic E-state index is 13.0. The molecule has 1 saturated heterocycles. The van der Waals surface area contributed by atoms with Gasteiger partial charge in [0.1, 0.15) is 6.61 Å². The van der Waals surface area contributed by atoms with Gasteiger partial charge in [0.25, 0.3) is 0 Å². The summed E-state index contributed by atoms with van der Waals surface area (Å²) >= 11 is 0. The molecule has 0 bridgehead atoms. The molecular weight excluding hydrogens is 336 g/mol. The molecule has 3 atom stereocenters. The smallest absolute Gasteiger partial charge is 0.305 e. The van der Waals surface area contributed by atoms with Crippen LogP contribution in [0.2, 0.25) is 0 Å².